The molecule has 1 aromatic rings. The van der Waals surface area contributed by atoms with Crippen molar-refractivity contribution < 1.29 is 4.92 Å². The molecule has 0 spiro atoms. The molecule has 1 aromatic heterocycles. The molecule has 11 heavy (non-hydrogen) atoms. The minimum atomic E-state index is -0.365. The highest BCUT2D eigenvalue weighted by atomic mass is 16.6. The van der Waals surface area contributed by atoms with E-state index in [-0.39, 0.29) is 10.7 Å². The zero-order valence-corrected chi connectivity index (χ0v) is 6.36. The Morgan fingerprint density at radius 3 is 3.00 bits per heavy atom. The van der Waals surface area contributed by atoms with Gasteiger partial charge in [0.2, 0.25) is 0 Å². The number of rotatable bonds is 3. The fraction of sp³-hybridized carbons (Fsp3) is 0.429. The Bertz CT molecular complexity index is 255. The van der Waals surface area contributed by atoms with Gasteiger partial charge in [0.25, 0.3) is 0 Å². The van der Waals surface area contributed by atoms with Gasteiger partial charge in [-0.05, 0) is 17.4 Å². The first-order chi connectivity index (χ1) is 5.25. The molecule has 0 unspecified atom stereocenters. The quantitative estimate of drug-likeness (QED) is 0.492. The first-order valence-electron chi connectivity index (χ1n) is 3.55. The van der Waals surface area contributed by atoms with Crippen LogP contribution in [0.25, 0.3) is 0 Å². The highest BCUT2D eigenvalue weighted by Gasteiger charge is 2.08. The van der Waals surface area contributed by atoms with E-state index in [0.717, 1.165) is 6.42 Å². The maximum absolute atomic E-state index is 10.3. The van der Waals surface area contributed by atoms with Crippen LogP contribution in [-0.2, 0) is 6.54 Å². The van der Waals surface area contributed by atoms with E-state index in [4.69, 9.17) is 0 Å². The third-order valence-electron chi connectivity index (χ3n) is 1.46. The zero-order valence-electron chi connectivity index (χ0n) is 6.36. The molecule has 0 amide bonds. The maximum Gasteiger partial charge on any atom is 0.323 e. The lowest BCUT2D eigenvalue weighted by Crippen LogP contribution is -2.00. The summed E-state index contributed by atoms with van der Waals surface area (Å²) in [4.78, 5) is 9.98. The summed E-state index contributed by atoms with van der Waals surface area (Å²) in [6, 6.07) is 3.20. The number of hydrogen-bond acceptors (Lipinski definition) is 2. The third kappa shape index (κ3) is 1.58. The lowest BCUT2D eigenvalue weighted by molar-refractivity contribution is -0.392. The van der Waals surface area contributed by atoms with Crippen LogP contribution >= 0.6 is 0 Å². The fourth-order valence-electron chi connectivity index (χ4n) is 1.00. The van der Waals surface area contributed by atoms with Crippen LogP contribution in [0.4, 0.5) is 5.82 Å². The van der Waals surface area contributed by atoms with Crippen molar-refractivity contribution >= 4 is 5.82 Å². The number of aryl methyl sites for hydroxylation is 1. The molecule has 4 heteroatoms. The molecule has 0 saturated heterocycles. The second-order valence-corrected chi connectivity index (χ2v) is 2.32. The second kappa shape index (κ2) is 3.18. The Labute approximate surface area is 64.6 Å². The molecule has 1 heterocycles. The molecule has 0 radical (unpaired) electrons. The Morgan fingerprint density at radius 1 is 1.73 bits per heavy atom. The van der Waals surface area contributed by atoms with E-state index >= 15 is 0 Å². The van der Waals surface area contributed by atoms with E-state index < -0.39 is 0 Å². The van der Waals surface area contributed by atoms with E-state index in [1.165, 1.54) is 6.07 Å². The zero-order chi connectivity index (χ0) is 8.27. The van der Waals surface area contributed by atoms with Gasteiger partial charge in [-0.3, -0.25) is 0 Å². The van der Waals surface area contributed by atoms with Crippen molar-refractivity contribution in [3.8, 4) is 0 Å². The third-order valence-corrected chi connectivity index (χ3v) is 1.46. The lowest BCUT2D eigenvalue weighted by Gasteiger charge is -1.97. The van der Waals surface area contributed by atoms with Gasteiger partial charge < -0.3 is 10.1 Å². The predicted octanol–water partition coefficient (Wildman–Crippen LogP) is 1.81. The molecular formula is C7H10N2O2. The lowest BCUT2D eigenvalue weighted by atomic mass is 10.5. The summed E-state index contributed by atoms with van der Waals surface area (Å²) in [5.41, 5.74) is 0. The Morgan fingerprint density at radius 2 is 2.45 bits per heavy atom. The topological polar surface area (TPSA) is 48.1 Å². The van der Waals surface area contributed by atoms with E-state index in [0.29, 0.717) is 6.54 Å². The Balaban J connectivity index is 2.87. The molecule has 0 atom stereocenters. The van der Waals surface area contributed by atoms with Crippen LogP contribution in [-0.4, -0.2) is 9.49 Å². The average Bonchev–Trinajstić information content (AvgIpc) is 2.36. The molecule has 0 aliphatic heterocycles. The monoisotopic (exact) mass is 154 g/mol. The summed E-state index contributed by atoms with van der Waals surface area (Å²) in [6.07, 6.45) is 2.64. The normalized spacial score (nSPS) is 9.91. The second-order valence-electron chi connectivity index (χ2n) is 2.32. The van der Waals surface area contributed by atoms with Gasteiger partial charge in [-0.2, -0.15) is 0 Å². The van der Waals surface area contributed by atoms with Gasteiger partial charge in [-0.25, -0.2) is 4.57 Å². The van der Waals surface area contributed by atoms with E-state index in [1.54, 1.807) is 16.8 Å². The van der Waals surface area contributed by atoms with Gasteiger partial charge in [0.05, 0.1) is 12.7 Å². The van der Waals surface area contributed by atoms with Crippen molar-refractivity contribution in [3.05, 3.63) is 28.4 Å². The largest absolute Gasteiger partial charge is 0.358 e. The van der Waals surface area contributed by atoms with E-state index in [2.05, 4.69) is 0 Å². The molecule has 0 bridgehead atoms. The molecule has 1 rings (SSSR count). The van der Waals surface area contributed by atoms with Crippen LogP contribution in [0.1, 0.15) is 13.3 Å². The van der Waals surface area contributed by atoms with Crippen LogP contribution in [0.3, 0.4) is 0 Å². The number of nitro groups is 1. The highest BCUT2D eigenvalue weighted by Crippen LogP contribution is 2.11. The number of aromatic nitrogens is 1. The van der Waals surface area contributed by atoms with Gasteiger partial charge in [0.15, 0.2) is 0 Å². The number of hydrogen-bond donors (Lipinski definition) is 0. The molecule has 0 saturated carbocycles. The van der Waals surface area contributed by atoms with E-state index in [9.17, 15) is 10.1 Å². The maximum atomic E-state index is 10.3. The fourth-order valence-corrected chi connectivity index (χ4v) is 1.00. The van der Waals surface area contributed by atoms with Crippen LogP contribution in [0.15, 0.2) is 18.3 Å². The molecule has 60 valence electrons. The van der Waals surface area contributed by atoms with Gasteiger partial charge in [-0.1, -0.05) is 6.92 Å². The van der Waals surface area contributed by atoms with Crippen LogP contribution in [0.2, 0.25) is 0 Å². The van der Waals surface area contributed by atoms with Gasteiger partial charge >= 0.3 is 5.82 Å². The molecule has 0 fully saturated rings. The standard InChI is InChI=1S/C7H10N2O2/c1-2-5-8-6-3-4-7(8)9(10)11/h3-4,6H,2,5H2,1H3. The molecular weight excluding hydrogens is 144 g/mol. The Kier molecular flexibility index (Phi) is 2.25. The smallest absolute Gasteiger partial charge is 0.323 e. The first-order valence-corrected chi connectivity index (χ1v) is 3.55. The first kappa shape index (κ1) is 7.78. The summed E-state index contributed by atoms with van der Waals surface area (Å²) in [6.45, 7) is 2.70. The summed E-state index contributed by atoms with van der Waals surface area (Å²) in [5.74, 6) is 0.173. The van der Waals surface area contributed by atoms with Crippen molar-refractivity contribution in [3.63, 3.8) is 0 Å². The summed E-state index contributed by atoms with van der Waals surface area (Å²) in [7, 11) is 0. The molecule has 0 aliphatic carbocycles. The van der Waals surface area contributed by atoms with Crippen molar-refractivity contribution in [1.29, 1.82) is 0 Å². The summed E-state index contributed by atoms with van der Waals surface area (Å²) < 4.78 is 1.64. The van der Waals surface area contributed by atoms with Gasteiger partial charge in [0, 0.05) is 6.07 Å². The van der Waals surface area contributed by atoms with Crippen LogP contribution in [0, 0.1) is 10.1 Å². The minimum absolute atomic E-state index is 0.173. The average molecular weight is 154 g/mol. The van der Waals surface area contributed by atoms with Crippen molar-refractivity contribution in [1.82, 2.24) is 4.57 Å². The summed E-state index contributed by atoms with van der Waals surface area (Å²) >= 11 is 0. The van der Waals surface area contributed by atoms with Gasteiger partial charge in [-0.15, -0.1) is 0 Å². The molecule has 4 nitrogen and oxygen atoms in total. The molecule has 0 aliphatic rings. The number of nitrogens with zero attached hydrogens (tertiary/aromatic N) is 2. The van der Waals surface area contributed by atoms with Crippen LogP contribution in [0.5, 0.6) is 0 Å². The van der Waals surface area contributed by atoms with Crippen molar-refractivity contribution in [2.24, 2.45) is 0 Å². The highest BCUT2D eigenvalue weighted by molar-refractivity contribution is 5.20. The minimum Gasteiger partial charge on any atom is -0.358 e. The van der Waals surface area contributed by atoms with Gasteiger partial charge in [0.1, 0.15) is 0 Å². The van der Waals surface area contributed by atoms with Crippen molar-refractivity contribution in [2.75, 3.05) is 0 Å². The van der Waals surface area contributed by atoms with Crippen LogP contribution < -0.4 is 0 Å². The van der Waals surface area contributed by atoms with E-state index in [1.807, 2.05) is 6.92 Å². The SMILES string of the molecule is CCCn1cccc1[N+](=O)[O-]. The molecule has 0 aromatic carbocycles. The Hall–Kier alpha value is -1.32. The van der Waals surface area contributed by atoms with Crippen molar-refractivity contribution in [2.45, 2.75) is 19.9 Å². The summed E-state index contributed by atoms with van der Waals surface area (Å²) in [5, 5.41) is 10.3. The molecule has 0 N–H and O–H groups in total. The predicted molar refractivity (Wildman–Crippen MR) is 41.4 cm³/mol.